The summed E-state index contributed by atoms with van der Waals surface area (Å²) in [5.74, 6) is 1.28. The summed E-state index contributed by atoms with van der Waals surface area (Å²) in [5, 5.41) is 2.15. The number of aliphatic imine (C=N–C) groups is 1. The molecule has 154 valence electrons. The number of ether oxygens (including phenoxy) is 2. The molecule has 0 N–H and O–H groups in total. The molecule has 1 saturated heterocycles. The van der Waals surface area contributed by atoms with Gasteiger partial charge in [-0.25, -0.2) is 0 Å². The van der Waals surface area contributed by atoms with Crippen LogP contribution in [0.4, 0.5) is 0 Å². The van der Waals surface area contributed by atoms with Crippen LogP contribution in [-0.4, -0.2) is 39.6 Å². The molecule has 29 heavy (non-hydrogen) atoms. The third-order valence-electron chi connectivity index (χ3n) is 4.91. The quantitative estimate of drug-likeness (QED) is 0.603. The Kier molecular flexibility index (Phi) is 5.93. The van der Waals surface area contributed by atoms with Gasteiger partial charge >= 0.3 is 0 Å². The predicted octanol–water partition coefficient (Wildman–Crippen LogP) is 5.51. The normalized spacial score (nSPS) is 23.3. The van der Waals surface area contributed by atoms with Crippen molar-refractivity contribution in [2.75, 3.05) is 13.2 Å². The van der Waals surface area contributed by atoms with Crippen molar-refractivity contribution >= 4 is 28.5 Å². The van der Waals surface area contributed by atoms with Crippen LogP contribution in [0.1, 0.15) is 51.0 Å². The van der Waals surface area contributed by atoms with E-state index in [9.17, 15) is 0 Å². The molecule has 2 aliphatic heterocycles. The summed E-state index contributed by atoms with van der Waals surface area (Å²) < 4.78 is 11.9. The van der Waals surface area contributed by atoms with Crippen LogP contribution in [0.3, 0.4) is 0 Å². The zero-order chi connectivity index (χ0) is 20.5. The van der Waals surface area contributed by atoms with Gasteiger partial charge in [0.2, 0.25) is 0 Å². The molecular formula is C22H26ClN3O2S. The van der Waals surface area contributed by atoms with E-state index in [-0.39, 0.29) is 18.2 Å². The molecule has 2 aromatic rings. The zero-order valence-corrected chi connectivity index (χ0v) is 18.7. The van der Waals surface area contributed by atoms with Gasteiger partial charge in [0.1, 0.15) is 6.04 Å². The average molecular weight is 432 g/mol. The molecule has 1 aromatic carbocycles. The van der Waals surface area contributed by atoms with E-state index in [1.807, 2.05) is 63.0 Å². The van der Waals surface area contributed by atoms with Crippen LogP contribution >= 0.6 is 23.4 Å². The molecule has 0 bridgehead atoms. The molecule has 2 aliphatic rings. The highest BCUT2D eigenvalue weighted by molar-refractivity contribution is 8.14. The number of aromatic nitrogens is 1. The van der Waals surface area contributed by atoms with E-state index in [0.717, 1.165) is 23.0 Å². The minimum Gasteiger partial charge on any atom is -0.490 e. The highest BCUT2D eigenvalue weighted by Crippen LogP contribution is 2.50. The number of rotatable bonds is 6. The summed E-state index contributed by atoms with van der Waals surface area (Å²) in [4.78, 5) is 12.0. The molecule has 3 heterocycles. The number of pyridine rings is 1. The van der Waals surface area contributed by atoms with Gasteiger partial charge < -0.3 is 14.4 Å². The number of nitrogens with zero attached hydrogens (tertiary/aromatic N) is 3. The fourth-order valence-corrected chi connectivity index (χ4v) is 5.21. The average Bonchev–Trinajstić information content (AvgIpc) is 3.21. The lowest BCUT2D eigenvalue weighted by molar-refractivity contribution is 0.223. The van der Waals surface area contributed by atoms with Crippen molar-refractivity contribution in [3.63, 3.8) is 0 Å². The van der Waals surface area contributed by atoms with Gasteiger partial charge in [0.15, 0.2) is 16.7 Å². The summed E-state index contributed by atoms with van der Waals surface area (Å²) in [5.41, 5.74) is 2.03. The molecule has 5 nitrogen and oxygen atoms in total. The Bertz CT molecular complexity index is 906. The monoisotopic (exact) mass is 431 g/mol. The third kappa shape index (κ3) is 4.05. The van der Waals surface area contributed by atoms with E-state index in [0.29, 0.717) is 28.4 Å². The predicted molar refractivity (Wildman–Crippen MR) is 119 cm³/mol. The minimum absolute atomic E-state index is 0.0103. The lowest BCUT2D eigenvalue weighted by atomic mass is 9.96. The Balaban J connectivity index is 1.78. The molecule has 0 unspecified atom stereocenters. The van der Waals surface area contributed by atoms with Gasteiger partial charge in [0.05, 0.1) is 29.5 Å². The van der Waals surface area contributed by atoms with Crippen LogP contribution in [0.25, 0.3) is 0 Å². The minimum atomic E-state index is -0.0754. The first-order chi connectivity index (χ1) is 14.0. The maximum absolute atomic E-state index is 6.68. The summed E-state index contributed by atoms with van der Waals surface area (Å²) >= 11 is 8.50. The smallest absolute Gasteiger partial charge is 0.180 e. The van der Waals surface area contributed by atoms with Crippen molar-refractivity contribution in [2.24, 2.45) is 4.99 Å². The highest BCUT2D eigenvalue weighted by atomic mass is 35.5. The fraction of sp³-hybridized carbons (Fsp3) is 0.455. The Morgan fingerprint density at radius 1 is 1.31 bits per heavy atom. The second-order valence-corrected chi connectivity index (χ2v) is 9.38. The highest BCUT2D eigenvalue weighted by Gasteiger charge is 2.44. The molecule has 1 aromatic heterocycles. The van der Waals surface area contributed by atoms with E-state index >= 15 is 0 Å². The van der Waals surface area contributed by atoms with E-state index < -0.39 is 0 Å². The van der Waals surface area contributed by atoms with Gasteiger partial charge in [-0.2, -0.15) is 0 Å². The van der Waals surface area contributed by atoms with Crippen molar-refractivity contribution < 1.29 is 9.47 Å². The Labute approximate surface area is 181 Å². The lowest BCUT2D eigenvalue weighted by Crippen LogP contribution is -2.28. The van der Waals surface area contributed by atoms with Gasteiger partial charge in [0, 0.05) is 18.0 Å². The summed E-state index contributed by atoms with van der Waals surface area (Å²) in [7, 11) is 0. The van der Waals surface area contributed by atoms with E-state index in [4.69, 9.17) is 26.1 Å². The van der Waals surface area contributed by atoms with Gasteiger partial charge in [0.25, 0.3) is 0 Å². The SMILES string of the molecule is CCOc1cc([C@H]2[C@H](c3ccccn3)N=C3S[C@@H](C)CN32)cc(Cl)c1OC(C)C. The molecule has 3 atom stereocenters. The van der Waals surface area contributed by atoms with Crippen LogP contribution in [0, 0.1) is 0 Å². The topological polar surface area (TPSA) is 47.0 Å². The molecule has 0 saturated carbocycles. The van der Waals surface area contributed by atoms with Gasteiger partial charge in [-0.1, -0.05) is 36.4 Å². The van der Waals surface area contributed by atoms with Crippen LogP contribution in [0.15, 0.2) is 41.5 Å². The summed E-state index contributed by atoms with van der Waals surface area (Å²) in [6, 6.07) is 9.99. The van der Waals surface area contributed by atoms with Gasteiger partial charge in [-0.3, -0.25) is 9.98 Å². The number of halogens is 1. The Morgan fingerprint density at radius 3 is 2.83 bits per heavy atom. The van der Waals surface area contributed by atoms with Crippen molar-refractivity contribution in [3.05, 3.63) is 52.8 Å². The molecular weight excluding hydrogens is 406 g/mol. The summed E-state index contributed by atoms with van der Waals surface area (Å²) in [6.45, 7) is 9.65. The number of hydrogen-bond acceptors (Lipinski definition) is 6. The number of thioether (sulfide) groups is 1. The maximum Gasteiger partial charge on any atom is 0.180 e. The molecule has 0 amide bonds. The first-order valence-electron chi connectivity index (χ1n) is 10.0. The molecule has 1 fully saturated rings. The third-order valence-corrected chi connectivity index (χ3v) is 6.29. The lowest BCUT2D eigenvalue weighted by Gasteiger charge is -2.28. The molecule has 0 radical (unpaired) electrons. The second kappa shape index (κ2) is 8.44. The number of benzene rings is 1. The standard InChI is InChI=1S/C22H26ClN3O2S/c1-5-27-18-11-15(10-16(23)21(18)28-13(2)3)20-19(17-8-6-7-9-24-17)25-22-26(20)12-14(4)29-22/h6-11,13-14,19-20H,5,12H2,1-4H3/t14-,19-,20-/m0/s1. The van der Waals surface area contributed by atoms with E-state index in [2.05, 4.69) is 22.9 Å². The van der Waals surface area contributed by atoms with Crippen molar-refractivity contribution in [3.8, 4) is 11.5 Å². The van der Waals surface area contributed by atoms with E-state index in [1.54, 1.807) is 0 Å². The molecule has 0 aliphatic carbocycles. The number of amidine groups is 1. The molecule has 0 spiro atoms. The van der Waals surface area contributed by atoms with Crippen molar-refractivity contribution in [2.45, 2.75) is 51.1 Å². The first kappa shape index (κ1) is 20.4. The van der Waals surface area contributed by atoms with Gasteiger partial charge in [-0.05, 0) is 50.6 Å². The van der Waals surface area contributed by atoms with Crippen molar-refractivity contribution in [1.82, 2.24) is 9.88 Å². The molecule has 4 rings (SSSR count). The van der Waals surface area contributed by atoms with Gasteiger partial charge in [-0.15, -0.1) is 0 Å². The van der Waals surface area contributed by atoms with Crippen LogP contribution < -0.4 is 9.47 Å². The van der Waals surface area contributed by atoms with E-state index in [1.165, 1.54) is 0 Å². The zero-order valence-electron chi connectivity index (χ0n) is 17.1. The summed E-state index contributed by atoms with van der Waals surface area (Å²) in [6.07, 6.45) is 1.83. The van der Waals surface area contributed by atoms with Crippen LogP contribution in [0.2, 0.25) is 5.02 Å². The second-order valence-electron chi connectivity index (χ2n) is 7.57. The maximum atomic E-state index is 6.68. The largest absolute Gasteiger partial charge is 0.490 e. The van der Waals surface area contributed by atoms with Crippen LogP contribution in [-0.2, 0) is 0 Å². The van der Waals surface area contributed by atoms with Crippen molar-refractivity contribution in [1.29, 1.82) is 0 Å². The Hall–Kier alpha value is -1.92. The van der Waals surface area contributed by atoms with Crippen LogP contribution in [0.5, 0.6) is 11.5 Å². The Morgan fingerprint density at radius 2 is 2.14 bits per heavy atom. The number of fused-ring (bicyclic) bond motifs is 1. The first-order valence-corrected chi connectivity index (χ1v) is 11.3. The molecule has 7 heteroatoms. The fourth-order valence-electron chi connectivity index (χ4n) is 3.85. The number of hydrogen-bond donors (Lipinski definition) is 0.